The number of allylic oxidation sites excluding steroid dienone is 1. The largest absolute Gasteiger partial charge is 0.508 e. The summed E-state index contributed by atoms with van der Waals surface area (Å²) in [7, 11) is 0. The molecular weight excluding hydrogens is 517 g/mol. The number of rotatable bonds is 8. The molecule has 164 valence electrons. The van der Waals surface area contributed by atoms with Crippen molar-refractivity contribution in [3.63, 3.8) is 0 Å². The van der Waals surface area contributed by atoms with Crippen LogP contribution in [-0.4, -0.2) is 29.1 Å². The lowest BCUT2D eigenvalue weighted by Gasteiger charge is -2.25. The number of carboxylic acids is 1. The Morgan fingerprint density at radius 3 is 2.77 bits per heavy atom. The number of carbonyl (C=O) groups excluding carboxylic acids is 1. The lowest BCUT2D eigenvalue weighted by Crippen LogP contribution is -2.22. The van der Waals surface area contributed by atoms with Crippen LogP contribution in [0.25, 0.3) is 0 Å². The fourth-order valence-corrected chi connectivity index (χ4v) is 3.69. The summed E-state index contributed by atoms with van der Waals surface area (Å²) in [5.74, 6) is -0.0510. The Bertz CT molecular complexity index is 992. The Morgan fingerprint density at radius 2 is 2.00 bits per heavy atom. The predicted octanol–water partition coefficient (Wildman–Crippen LogP) is 5.07. The predicted molar refractivity (Wildman–Crippen MR) is 121 cm³/mol. The molecule has 0 spiro atoms. The molecule has 8 nitrogen and oxygen atoms in total. The normalized spacial score (nSPS) is 14.3. The summed E-state index contributed by atoms with van der Waals surface area (Å²) in [6.07, 6.45) is 2.25. The van der Waals surface area contributed by atoms with E-state index in [0.717, 1.165) is 9.65 Å². The van der Waals surface area contributed by atoms with Gasteiger partial charge in [0.15, 0.2) is 11.5 Å². The van der Waals surface area contributed by atoms with Crippen LogP contribution in [0.2, 0.25) is 0 Å². The number of phenolic OH excluding ortho intramolecular Hbond substituents is 1. The van der Waals surface area contributed by atoms with Gasteiger partial charge in [0, 0.05) is 27.0 Å². The number of ether oxygens (including phenoxy) is 3. The molecule has 2 aromatic rings. The van der Waals surface area contributed by atoms with Crippen LogP contribution in [0.4, 0.5) is 10.5 Å². The average molecular weight is 539 g/mol. The van der Waals surface area contributed by atoms with Crippen LogP contribution >= 0.6 is 22.6 Å². The van der Waals surface area contributed by atoms with Gasteiger partial charge >= 0.3 is 12.1 Å². The summed E-state index contributed by atoms with van der Waals surface area (Å²) in [5, 5.41) is 21.8. The van der Waals surface area contributed by atoms with Gasteiger partial charge < -0.3 is 24.4 Å². The third kappa shape index (κ3) is 6.27. The number of carboxylic acid groups (broad SMARTS) is 1. The van der Waals surface area contributed by atoms with E-state index in [1.165, 1.54) is 0 Å². The number of amides is 1. The van der Waals surface area contributed by atoms with E-state index in [2.05, 4.69) is 27.9 Å². The zero-order valence-electron chi connectivity index (χ0n) is 16.7. The van der Waals surface area contributed by atoms with E-state index in [0.29, 0.717) is 35.6 Å². The number of anilines is 1. The number of aromatic hydroxyl groups is 1. The molecular formula is C22H22INO7. The summed E-state index contributed by atoms with van der Waals surface area (Å²) >= 11 is 2.12. The molecule has 9 heteroatoms. The van der Waals surface area contributed by atoms with Crippen molar-refractivity contribution in [1.29, 1.82) is 0 Å². The molecule has 3 rings (SSSR count). The number of halogens is 1. The molecule has 1 aliphatic heterocycles. The molecule has 0 aliphatic carbocycles. The van der Waals surface area contributed by atoms with Crippen molar-refractivity contribution in [3.05, 3.63) is 57.7 Å². The third-order valence-corrected chi connectivity index (χ3v) is 5.39. The second-order valence-electron chi connectivity index (χ2n) is 7.02. The Morgan fingerprint density at radius 1 is 1.23 bits per heavy atom. The number of phenols is 1. The summed E-state index contributed by atoms with van der Waals surface area (Å²) in [4.78, 5) is 23.3. The zero-order chi connectivity index (χ0) is 22.4. The standard InChI is InChI=1S/C22H22INO7/c1-13(4-2-3-5-20(26)27)21(16-10-14(23)6-8-17(16)25)31-22(28)24-15-7-9-18-19(11-15)30-12-29-18/h3,5-11,13,21,25H,2,4,12H2,1H3,(H,24,28)(H,26,27)/b5-3+/t13-,21+/m1/s1. The van der Waals surface area contributed by atoms with E-state index in [4.69, 9.17) is 19.3 Å². The molecule has 1 amide bonds. The fourth-order valence-electron chi connectivity index (χ4n) is 3.17. The van der Waals surface area contributed by atoms with E-state index in [-0.39, 0.29) is 18.5 Å². The molecule has 0 radical (unpaired) electrons. The molecule has 0 saturated carbocycles. The second kappa shape index (κ2) is 10.4. The first kappa shape index (κ1) is 22.7. The van der Waals surface area contributed by atoms with Gasteiger partial charge in [-0.3, -0.25) is 5.32 Å². The maximum absolute atomic E-state index is 12.6. The summed E-state index contributed by atoms with van der Waals surface area (Å²) in [5.41, 5.74) is 0.972. The monoisotopic (exact) mass is 539 g/mol. The van der Waals surface area contributed by atoms with Crippen LogP contribution in [0.5, 0.6) is 17.2 Å². The number of carbonyl (C=O) groups is 2. The summed E-state index contributed by atoms with van der Waals surface area (Å²) in [6, 6.07) is 10.1. The minimum absolute atomic E-state index is 0.0224. The van der Waals surface area contributed by atoms with Crippen molar-refractivity contribution < 1.29 is 34.0 Å². The number of hydrogen-bond donors (Lipinski definition) is 3. The zero-order valence-corrected chi connectivity index (χ0v) is 18.9. The Balaban J connectivity index is 1.74. The summed E-state index contributed by atoms with van der Waals surface area (Å²) in [6.45, 7) is 2.01. The molecule has 0 unspecified atom stereocenters. The molecule has 0 fully saturated rings. The maximum atomic E-state index is 12.6. The van der Waals surface area contributed by atoms with Crippen LogP contribution in [0, 0.1) is 9.49 Å². The molecule has 1 aliphatic rings. The molecule has 2 aromatic carbocycles. The van der Waals surface area contributed by atoms with Crippen LogP contribution in [0.15, 0.2) is 48.6 Å². The van der Waals surface area contributed by atoms with Crippen molar-refractivity contribution in [2.75, 3.05) is 12.1 Å². The Hall–Kier alpha value is -2.95. The van der Waals surface area contributed by atoms with E-state index >= 15 is 0 Å². The first-order chi connectivity index (χ1) is 14.8. The second-order valence-corrected chi connectivity index (χ2v) is 8.26. The number of nitrogens with one attached hydrogen (secondary N) is 1. The first-order valence-electron chi connectivity index (χ1n) is 9.58. The van der Waals surface area contributed by atoms with Gasteiger partial charge in [0.2, 0.25) is 6.79 Å². The third-order valence-electron chi connectivity index (χ3n) is 4.72. The van der Waals surface area contributed by atoms with Gasteiger partial charge in [-0.05, 0) is 71.7 Å². The molecule has 1 heterocycles. The van der Waals surface area contributed by atoms with E-state index in [9.17, 15) is 14.7 Å². The first-order valence-corrected chi connectivity index (χ1v) is 10.7. The number of fused-ring (bicyclic) bond motifs is 1. The van der Waals surface area contributed by atoms with E-state index < -0.39 is 18.2 Å². The van der Waals surface area contributed by atoms with E-state index in [1.54, 1.807) is 42.5 Å². The fraction of sp³-hybridized carbons (Fsp3) is 0.273. The van der Waals surface area contributed by atoms with E-state index in [1.807, 2.05) is 6.92 Å². The quantitative estimate of drug-likeness (QED) is 0.317. The highest BCUT2D eigenvalue weighted by molar-refractivity contribution is 14.1. The number of benzene rings is 2. The topological polar surface area (TPSA) is 114 Å². The van der Waals surface area contributed by atoms with Crippen LogP contribution in [0.3, 0.4) is 0 Å². The summed E-state index contributed by atoms with van der Waals surface area (Å²) < 4.78 is 17.2. The number of hydrogen-bond acceptors (Lipinski definition) is 6. The van der Waals surface area contributed by atoms with Crippen LogP contribution in [-0.2, 0) is 9.53 Å². The molecule has 2 atom stereocenters. The molecule has 0 bridgehead atoms. The van der Waals surface area contributed by atoms with Gasteiger partial charge in [-0.25, -0.2) is 9.59 Å². The SMILES string of the molecule is C[C@H](CC/C=C/C(=O)O)[C@H](OC(=O)Nc1ccc2c(c1)OCO2)c1cc(I)ccc1O. The highest BCUT2D eigenvalue weighted by atomic mass is 127. The molecule has 0 aromatic heterocycles. The smallest absolute Gasteiger partial charge is 0.412 e. The van der Waals surface area contributed by atoms with Crippen molar-refractivity contribution in [2.45, 2.75) is 25.9 Å². The van der Waals surface area contributed by atoms with Gasteiger partial charge in [-0.15, -0.1) is 0 Å². The maximum Gasteiger partial charge on any atom is 0.412 e. The lowest BCUT2D eigenvalue weighted by molar-refractivity contribution is -0.131. The molecule has 0 saturated heterocycles. The molecule has 3 N–H and O–H groups in total. The van der Waals surface area contributed by atoms with Gasteiger partial charge in [0.1, 0.15) is 11.9 Å². The minimum atomic E-state index is -1.01. The highest BCUT2D eigenvalue weighted by Gasteiger charge is 2.26. The lowest BCUT2D eigenvalue weighted by atomic mass is 9.92. The van der Waals surface area contributed by atoms with Crippen molar-refractivity contribution in [2.24, 2.45) is 5.92 Å². The van der Waals surface area contributed by atoms with Gasteiger partial charge in [0.25, 0.3) is 0 Å². The molecule has 31 heavy (non-hydrogen) atoms. The number of aliphatic carboxylic acids is 1. The average Bonchev–Trinajstić information content (AvgIpc) is 3.19. The van der Waals surface area contributed by atoms with Crippen molar-refractivity contribution in [3.8, 4) is 17.2 Å². The Labute approximate surface area is 193 Å². The van der Waals surface area contributed by atoms with Gasteiger partial charge in [-0.2, -0.15) is 0 Å². The van der Waals surface area contributed by atoms with Crippen LogP contribution < -0.4 is 14.8 Å². The van der Waals surface area contributed by atoms with Crippen molar-refractivity contribution in [1.82, 2.24) is 0 Å². The van der Waals surface area contributed by atoms with Gasteiger partial charge in [-0.1, -0.05) is 13.0 Å². The van der Waals surface area contributed by atoms with Crippen molar-refractivity contribution >= 4 is 40.3 Å². The van der Waals surface area contributed by atoms with Crippen LogP contribution in [0.1, 0.15) is 31.4 Å². The van der Waals surface area contributed by atoms with Gasteiger partial charge in [0.05, 0.1) is 0 Å². The Kier molecular flexibility index (Phi) is 7.61. The minimum Gasteiger partial charge on any atom is -0.508 e. The highest BCUT2D eigenvalue weighted by Crippen LogP contribution is 2.37.